The van der Waals surface area contributed by atoms with E-state index in [4.69, 9.17) is 4.74 Å². The highest BCUT2D eigenvalue weighted by Gasteiger charge is 2.43. The lowest BCUT2D eigenvalue weighted by molar-refractivity contribution is -0.167. The van der Waals surface area contributed by atoms with Crippen molar-refractivity contribution in [3.63, 3.8) is 0 Å². The number of rotatable bonds is 4. The Hall–Kier alpha value is -1.61. The maximum Gasteiger partial charge on any atom is 0.313 e. The minimum absolute atomic E-state index is 0.00948. The molecule has 1 saturated heterocycles. The van der Waals surface area contributed by atoms with Crippen molar-refractivity contribution in [1.29, 1.82) is 0 Å². The van der Waals surface area contributed by atoms with Gasteiger partial charge in [-0.15, -0.1) is 0 Å². The zero-order valence-electron chi connectivity index (χ0n) is 14.2. The van der Waals surface area contributed by atoms with Crippen molar-refractivity contribution < 1.29 is 9.53 Å². The van der Waals surface area contributed by atoms with Crippen LogP contribution in [0.25, 0.3) is 11.1 Å². The molecule has 0 aliphatic carbocycles. The van der Waals surface area contributed by atoms with E-state index in [0.717, 1.165) is 23.7 Å². The Balaban J connectivity index is 1.80. The Bertz CT molecular complexity index is 692. The van der Waals surface area contributed by atoms with Crippen LogP contribution in [0.4, 0.5) is 0 Å². The van der Waals surface area contributed by atoms with Crippen molar-refractivity contribution in [1.82, 2.24) is 0 Å². The van der Waals surface area contributed by atoms with Crippen molar-refractivity contribution in [2.24, 2.45) is 5.41 Å². The van der Waals surface area contributed by atoms with Gasteiger partial charge in [0.25, 0.3) is 0 Å². The first-order chi connectivity index (χ1) is 11.5. The molecule has 0 spiro atoms. The Kier molecular flexibility index (Phi) is 5.09. The quantitative estimate of drug-likeness (QED) is 0.507. The second-order valence-electron chi connectivity index (χ2n) is 7.14. The van der Waals surface area contributed by atoms with Crippen molar-refractivity contribution in [2.75, 3.05) is 5.33 Å². The van der Waals surface area contributed by atoms with Gasteiger partial charge in [0.1, 0.15) is 6.10 Å². The number of ether oxygens (including phenoxy) is 1. The Labute approximate surface area is 152 Å². The average molecular weight is 387 g/mol. The fraction of sp³-hybridized carbons (Fsp3) is 0.381. The van der Waals surface area contributed by atoms with Gasteiger partial charge in [0.15, 0.2) is 0 Å². The lowest BCUT2D eigenvalue weighted by Gasteiger charge is -2.41. The van der Waals surface area contributed by atoms with Gasteiger partial charge in [-0.3, -0.25) is 4.79 Å². The number of hydrogen-bond donors (Lipinski definition) is 0. The fourth-order valence-electron chi connectivity index (χ4n) is 3.46. The molecular formula is C21H23BrO2. The zero-order valence-corrected chi connectivity index (χ0v) is 15.8. The topological polar surface area (TPSA) is 26.3 Å². The van der Waals surface area contributed by atoms with E-state index >= 15 is 0 Å². The lowest BCUT2D eigenvalue weighted by Crippen LogP contribution is -2.43. The smallest absolute Gasteiger partial charge is 0.313 e. The van der Waals surface area contributed by atoms with Crippen molar-refractivity contribution >= 4 is 21.9 Å². The van der Waals surface area contributed by atoms with Gasteiger partial charge in [-0.1, -0.05) is 84.4 Å². The van der Waals surface area contributed by atoms with E-state index < -0.39 is 0 Å². The van der Waals surface area contributed by atoms with Gasteiger partial charge < -0.3 is 4.74 Å². The normalized spacial score (nSPS) is 22.9. The van der Waals surface area contributed by atoms with Gasteiger partial charge >= 0.3 is 5.97 Å². The summed E-state index contributed by atoms with van der Waals surface area (Å²) in [5.41, 5.74) is 3.39. The summed E-state index contributed by atoms with van der Waals surface area (Å²) in [5.74, 6) is -0.260. The van der Waals surface area contributed by atoms with E-state index in [9.17, 15) is 4.79 Å². The number of carbonyl (C=O) groups excluding carboxylic acids is 1. The molecule has 1 heterocycles. The van der Waals surface area contributed by atoms with Gasteiger partial charge in [0.05, 0.1) is 5.92 Å². The molecule has 1 aliphatic rings. The van der Waals surface area contributed by atoms with E-state index in [2.05, 4.69) is 66.2 Å². The summed E-state index contributed by atoms with van der Waals surface area (Å²) in [6, 6.07) is 18.6. The van der Waals surface area contributed by atoms with Gasteiger partial charge in [-0.05, 0) is 29.5 Å². The molecule has 2 atom stereocenters. The first-order valence-corrected chi connectivity index (χ1v) is 9.55. The van der Waals surface area contributed by atoms with Crippen molar-refractivity contribution in [2.45, 2.75) is 38.7 Å². The third kappa shape index (κ3) is 3.56. The first kappa shape index (κ1) is 17.2. The highest BCUT2D eigenvalue weighted by atomic mass is 79.9. The fourth-order valence-corrected chi connectivity index (χ4v) is 3.88. The van der Waals surface area contributed by atoms with E-state index in [1.165, 1.54) is 11.1 Å². The standard InChI is InChI=1S/C21H23BrO2/c1-21(2)14-18(20(23)24-19(21)12-13-22)17-10-8-16(9-11-17)15-6-4-3-5-7-15/h3-11,18-19H,12-14H2,1-2H3. The largest absolute Gasteiger partial charge is 0.461 e. The third-order valence-electron chi connectivity index (χ3n) is 4.94. The molecule has 24 heavy (non-hydrogen) atoms. The Morgan fingerprint density at radius 2 is 1.67 bits per heavy atom. The molecule has 1 fully saturated rings. The molecule has 126 valence electrons. The van der Waals surface area contributed by atoms with Crippen LogP contribution >= 0.6 is 15.9 Å². The van der Waals surface area contributed by atoms with Gasteiger partial charge in [0.2, 0.25) is 0 Å². The predicted molar refractivity (Wildman–Crippen MR) is 101 cm³/mol. The maximum absolute atomic E-state index is 12.5. The van der Waals surface area contributed by atoms with E-state index in [1.54, 1.807) is 0 Å². The number of alkyl halides is 1. The second-order valence-corrected chi connectivity index (χ2v) is 7.93. The number of cyclic esters (lactones) is 1. The molecule has 0 amide bonds. The highest BCUT2D eigenvalue weighted by Crippen LogP contribution is 2.42. The molecule has 0 N–H and O–H groups in total. The molecule has 0 bridgehead atoms. The summed E-state index contributed by atoms with van der Waals surface area (Å²) in [7, 11) is 0. The predicted octanol–water partition coefficient (Wildman–Crippen LogP) is 5.56. The number of halogens is 1. The first-order valence-electron chi connectivity index (χ1n) is 8.43. The molecule has 2 unspecified atom stereocenters. The minimum atomic E-state index is -0.170. The van der Waals surface area contributed by atoms with Gasteiger partial charge in [-0.2, -0.15) is 0 Å². The molecular weight excluding hydrogens is 364 g/mol. The number of esters is 1. The van der Waals surface area contributed by atoms with Crippen LogP contribution in [0, 0.1) is 5.41 Å². The number of hydrogen-bond acceptors (Lipinski definition) is 2. The average Bonchev–Trinajstić information content (AvgIpc) is 2.59. The number of benzene rings is 2. The van der Waals surface area contributed by atoms with Crippen LogP contribution in [0.15, 0.2) is 54.6 Å². The molecule has 3 heteroatoms. The summed E-state index contributed by atoms with van der Waals surface area (Å²) < 4.78 is 5.75. The summed E-state index contributed by atoms with van der Waals surface area (Å²) in [6.45, 7) is 4.39. The van der Waals surface area contributed by atoms with Gasteiger partial charge in [-0.25, -0.2) is 0 Å². The molecule has 0 aromatic heterocycles. The van der Waals surface area contributed by atoms with Crippen molar-refractivity contribution in [3.8, 4) is 11.1 Å². The summed E-state index contributed by atoms with van der Waals surface area (Å²) >= 11 is 3.46. The minimum Gasteiger partial charge on any atom is -0.461 e. The van der Waals surface area contributed by atoms with Crippen LogP contribution < -0.4 is 0 Å². The molecule has 1 aliphatic heterocycles. The monoisotopic (exact) mass is 386 g/mol. The van der Waals surface area contributed by atoms with Crippen LogP contribution in [-0.4, -0.2) is 17.4 Å². The SMILES string of the molecule is CC1(C)CC(c2ccc(-c3ccccc3)cc2)C(=O)OC1CCBr. The maximum atomic E-state index is 12.5. The molecule has 2 aromatic carbocycles. The summed E-state index contributed by atoms with van der Waals surface area (Å²) in [6.07, 6.45) is 1.68. The van der Waals surface area contributed by atoms with Crippen LogP contribution in [0.5, 0.6) is 0 Å². The second kappa shape index (κ2) is 7.10. The molecule has 2 aromatic rings. The Morgan fingerprint density at radius 1 is 1.04 bits per heavy atom. The zero-order chi connectivity index (χ0) is 17.2. The number of carbonyl (C=O) groups is 1. The highest BCUT2D eigenvalue weighted by molar-refractivity contribution is 9.09. The van der Waals surface area contributed by atoms with Crippen LogP contribution in [0.2, 0.25) is 0 Å². The molecule has 0 saturated carbocycles. The third-order valence-corrected chi connectivity index (χ3v) is 5.39. The summed E-state index contributed by atoms with van der Waals surface area (Å²) in [5, 5.41) is 0.852. The lowest BCUT2D eigenvalue weighted by atomic mass is 9.73. The molecule has 0 radical (unpaired) electrons. The van der Waals surface area contributed by atoms with E-state index in [0.29, 0.717) is 0 Å². The van der Waals surface area contributed by atoms with Crippen LogP contribution in [0.1, 0.15) is 38.2 Å². The van der Waals surface area contributed by atoms with Gasteiger partial charge in [0, 0.05) is 10.7 Å². The van der Waals surface area contributed by atoms with Crippen LogP contribution in [-0.2, 0) is 9.53 Å². The summed E-state index contributed by atoms with van der Waals surface area (Å²) in [4.78, 5) is 12.5. The van der Waals surface area contributed by atoms with E-state index in [1.807, 2.05) is 18.2 Å². The Morgan fingerprint density at radius 3 is 2.29 bits per heavy atom. The molecule has 2 nitrogen and oxygen atoms in total. The molecule has 3 rings (SSSR count). The van der Waals surface area contributed by atoms with E-state index in [-0.39, 0.29) is 23.4 Å². The van der Waals surface area contributed by atoms with Crippen molar-refractivity contribution in [3.05, 3.63) is 60.2 Å². The van der Waals surface area contributed by atoms with Crippen LogP contribution in [0.3, 0.4) is 0 Å².